The van der Waals surface area contributed by atoms with E-state index in [2.05, 4.69) is 5.32 Å². The van der Waals surface area contributed by atoms with Crippen molar-refractivity contribution < 1.29 is 18.0 Å². The van der Waals surface area contributed by atoms with Gasteiger partial charge in [-0.1, -0.05) is 12.1 Å². The number of sulfonamides is 1. The fraction of sp³-hybridized carbons (Fsp3) is 0.111. The first-order valence-corrected chi connectivity index (χ1v) is 6.29. The molecular weight excluding hydrogens is 260 g/mol. The zero-order valence-electron chi connectivity index (χ0n) is 9.21. The number of carbonyl (C=O) groups is 2. The largest absolute Gasteiger partial charge is 0.344 e. The molecule has 0 aliphatic rings. The van der Waals surface area contributed by atoms with Crippen LogP contribution in [0.4, 0.5) is 0 Å². The molecule has 18 heavy (non-hydrogen) atoms. The van der Waals surface area contributed by atoms with Crippen molar-refractivity contribution >= 4 is 21.8 Å². The molecule has 6 N–H and O–H groups in total. The molecule has 0 aliphatic heterocycles. The van der Waals surface area contributed by atoms with E-state index in [-0.39, 0.29) is 11.4 Å². The molecule has 0 aliphatic carbocycles. The van der Waals surface area contributed by atoms with Crippen LogP contribution in [-0.4, -0.2) is 20.2 Å². The number of nitrogens with one attached hydrogen (secondary N) is 2. The van der Waals surface area contributed by atoms with Crippen molar-refractivity contribution in [1.29, 1.82) is 0 Å². The van der Waals surface area contributed by atoms with Crippen LogP contribution in [0.2, 0.25) is 0 Å². The molecule has 0 heterocycles. The predicted molar refractivity (Wildman–Crippen MR) is 62.0 cm³/mol. The molecular formula is C9H12N4O4S. The van der Waals surface area contributed by atoms with Gasteiger partial charge >= 0.3 is 11.8 Å². The first kappa shape index (κ1) is 14.1. The van der Waals surface area contributed by atoms with Crippen molar-refractivity contribution in [2.45, 2.75) is 11.4 Å². The molecule has 0 fully saturated rings. The SMILES string of the molecule is NNC(=O)C(=O)NCc1ccc(S(N)(=O)=O)cc1. The minimum absolute atomic E-state index is 0.0303. The van der Waals surface area contributed by atoms with Gasteiger partial charge < -0.3 is 5.32 Å². The van der Waals surface area contributed by atoms with Crippen LogP contribution in [-0.2, 0) is 26.2 Å². The van der Waals surface area contributed by atoms with Gasteiger partial charge in [-0.15, -0.1) is 0 Å². The molecule has 8 nitrogen and oxygen atoms in total. The van der Waals surface area contributed by atoms with Crippen LogP contribution in [0.3, 0.4) is 0 Å². The van der Waals surface area contributed by atoms with E-state index in [9.17, 15) is 18.0 Å². The predicted octanol–water partition coefficient (Wildman–Crippen LogP) is -2.06. The smallest absolute Gasteiger partial charge is 0.323 e. The lowest BCUT2D eigenvalue weighted by atomic mass is 10.2. The Labute approximate surface area is 103 Å². The number of amides is 2. The summed E-state index contributed by atoms with van der Waals surface area (Å²) in [4.78, 5) is 21.8. The number of nitrogens with two attached hydrogens (primary N) is 2. The van der Waals surface area contributed by atoms with Crippen molar-refractivity contribution in [3.05, 3.63) is 29.8 Å². The fourth-order valence-electron chi connectivity index (χ4n) is 1.13. The second kappa shape index (κ2) is 5.58. The molecule has 2 amide bonds. The molecule has 98 valence electrons. The highest BCUT2D eigenvalue weighted by atomic mass is 32.2. The van der Waals surface area contributed by atoms with Gasteiger partial charge in [0.1, 0.15) is 0 Å². The fourth-order valence-corrected chi connectivity index (χ4v) is 1.64. The zero-order chi connectivity index (χ0) is 13.8. The van der Waals surface area contributed by atoms with Gasteiger partial charge in [0.2, 0.25) is 10.0 Å². The normalized spacial score (nSPS) is 10.8. The molecule has 0 unspecified atom stereocenters. The molecule has 1 aromatic rings. The Bertz CT molecular complexity index is 552. The molecule has 0 saturated heterocycles. The summed E-state index contributed by atoms with van der Waals surface area (Å²) in [5.41, 5.74) is 2.29. The van der Waals surface area contributed by atoms with Crippen molar-refractivity contribution in [1.82, 2.24) is 10.7 Å². The van der Waals surface area contributed by atoms with Gasteiger partial charge in [0.25, 0.3) is 0 Å². The number of primary sulfonamides is 1. The lowest BCUT2D eigenvalue weighted by molar-refractivity contribution is -0.139. The average molecular weight is 272 g/mol. The van der Waals surface area contributed by atoms with E-state index in [0.717, 1.165) is 0 Å². The number of hydrazine groups is 1. The molecule has 0 bridgehead atoms. The highest BCUT2D eigenvalue weighted by Crippen LogP contribution is 2.08. The molecule has 0 aromatic heterocycles. The summed E-state index contributed by atoms with van der Waals surface area (Å²) in [6.45, 7) is 0.0666. The van der Waals surface area contributed by atoms with Crippen LogP contribution in [0, 0.1) is 0 Å². The Balaban J connectivity index is 2.66. The van der Waals surface area contributed by atoms with Crippen LogP contribution in [0.5, 0.6) is 0 Å². The number of carbonyl (C=O) groups excluding carboxylic acids is 2. The standard InChI is InChI=1S/C9H12N4O4S/c10-13-9(15)8(14)12-5-6-1-3-7(4-2-6)18(11,16)17/h1-4H,5,10H2,(H,12,14)(H,13,15)(H2,11,16,17). The third-order valence-corrected chi connectivity index (χ3v) is 2.97. The number of rotatable bonds is 3. The van der Waals surface area contributed by atoms with E-state index in [1.165, 1.54) is 24.3 Å². The number of hydrogen-bond donors (Lipinski definition) is 4. The van der Waals surface area contributed by atoms with Gasteiger partial charge in [0.15, 0.2) is 0 Å². The summed E-state index contributed by atoms with van der Waals surface area (Å²) in [5, 5.41) is 7.22. The molecule has 9 heteroatoms. The minimum atomic E-state index is -3.74. The topological polar surface area (TPSA) is 144 Å². The first-order valence-electron chi connectivity index (χ1n) is 4.75. The number of benzene rings is 1. The van der Waals surface area contributed by atoms with Gasteiger partial charge in [0, 0.05) is 6.54 Å². The first-order chi connectivity index (χ1) is 8.34. The third-order valence-electron chi connectivity index (χ3n) is 2.04. The van der Waals surface area contributed by atoms with Gasteiger partial charge in [-0.3, -0.25) is 15.0 Å². The summed E-state index contributed by atoms with van der Waals surface area (Å²) in [6, 6.07) is 5.56. The van der Waals surface area contributed by atoms with Crippen LogP contribution in [0.25, 0.3) is 0 Å². The van der Waals surface area contributed by atoms with Crippen molar-refractivity contribution in [3.63, 3.8) is 0 Å². The van der Waals surface area contributed by atoms with E-state index < -0.39 is 21.8 Å². The second-order valence-corrected chi connectivity index (χ2v) is 4.91. The monoisotopic (exact) mass is 272 g/mol. The second-order valence-electron chi connectivity index (χ2n) is 3.35. The van der Waals surface area contributed by atoms with E-state index >= 15 is 0 Å². The van der Waals surface area contributed by atoms with E-state index in [1.54, 1.807) is 5.43 Å². The average Bonchev–Trinajstić information content (AvgIpc) is 2.34. The van der Waals surface area contributed by atoms with Gasteiger partial charge in [-0.2, -0.15) is 0 Å². The molecule has 0 spiro atoms. The Morgan fingerprint density at radius 2 is 1.67 bits per heavy atom. The molecule has 0 saturated carbocycles. The molecule has 1 aromatic carbocycles. The maximum atomic E-state index is 11.1. The van der Waals surface area contributed by atoms with Crippen LogP contribution < -0.4 is 21.7 Å². The lowest BCUT2D eigenvalue weighted by Crippen LogP contribution is -2.42. The highest BCUT2D eigenvalue weighted by molar-refractivity contribution is 7.89. The molecule has 0 atom stereocenters. The van der Waals surface area contributed by atoms with Gasteiger partial charge in [-0.25, -0.2) is 19.4 Å². The van der Waals surface area contributed by atoms with Gasteiger partial charge in [0.05, 0.1) is 4.90 Å². The number of hydrogen-bond acceptors (Lipinski definition) is 5. The maximum absolute atomic E-state index is 11.1. The van der Waals surface area contributed by atoms with E-state index in [0.29, 0.717) is 5.56 Å². The Kier molecular flexibility index (Phi) is 4.37. The minimum Gasteiger partial charge on any atom is -0.344 e. The highest BCUT2D eigenvalue weighted by Gasteiger charge is 2.11. The lowest BCUT2D eigenvalue weighted by Gasteiger charge is -2.05. The Morgan fingerprint density at radius 3 is 2.11 bits per heavy atom. The van der Waals surface area contributed by atoms with E-state index in [1.807, 2.05) is 0 Å². The van der Waals surface area contributed by atoms with Crippen LogP contribution >= 0.6 is 0 Å². The molecule has 1 rings (SSSR count). The van der Waals surface area contributed by atoms with Crippen molar-refractivity contribution in [2.24, 2.45) is 11.0 Å². The summed E-state index contributed by atoms with van der Waals surface area (Å²) in [6.07, 6.45) is 0. The molecule has 0 radical (unpaired) electrons. The van der Waals surface area contributed by atoms with Gasteiger partial charge in [-0.05, 0) is 17.7 Å². The third kappa shape index (κ3) is 3.80. The van der Waals surface area contributed by atoms with Crippen molar-refractivity contribution in [3.8, 4) is 0 Å². The summed E-state index contributed by atoms with van der Waals surface area (Å²) in [5.74, 6) is 2.93. The maximum Gasteiger partial charge on any atom is 0.323 e. The van der Waals surface area contributed by atoms with E-state index in [4.69, 9.17) is 11.0 Å². The summed E-state index contributed by atoms with van der Waals surface area (Å²) < 4.78 is 22.0. The quantitative estimate of drug-likeness (QED) is 0.216. The Hall–Kier alpha value is -1.97. The summed E-state index contributed by atoms with van der Waals surface area (Å²) in [7, 11) is -3.74. The van der Waals surface area contributed by atoms with Crippen LogP contribution in [0.15, 0.2) is 29.2 Å². The summed E-state index contributed by atoms with van der Waals surface area (Å²) >= 11 is 0. The van der Waals surface area contributed by atoms with Crippen molar-refractivity contribution in [2.75, 3.05) is 0 Å². The Morgan fingerprint density at radius 1 is 1.11 bits per heavy atom. The van der Waals surface area contributed by atoms with Crippen LogP contribution in [0.1, 0.15) is 5.56 Å². The zero-order valence-corrected chi connectivity index (χ0v) is 10.0.